The number of aromatic nitrogens is 6. The lowest BCUT2D eigenvalue weighted by Gasteiger charge is -2.21. The number of nitrogens with zero attached hydrogens (tertiary/aromatic N) is 6. The van der Waals surface area contributed by atoms with Gasteiger partial charge in [0.25, 0.3) is 0 Å². The molecule has 0 bridgehead atoms. The zero-order valence-corrected chi connectivity index (χ0v) is 31.4. The number of ether oxygens (including phenoxy) is 1. The number of hydrogen-bond donors (Lipinski definition) is 0. The molecule has 7 heteroatoms. The van der Waals surface area contributed by atoms with Crippen LogP contribution in [0.2, 0.25) is 0 Å². The summed E-state index contributed by atoms with van der Waals surface area (Å²) in [5, 5.41) is 2.34. The maximum atomic E-state index is 6.68. The van der Waals surface area contributed by atoms with Gasteiger partial charge < -0.3 is 4.74 Å². The maximum Gasteiger partial charge on any atom is 0.221 e. The molecular weight excluding hydrogens is 653 g/mol. The monoisotopic (exact) mass is 696 g/mol. The molecule has 0 aliphatic heterocycles. The Kier molecular flexibility index (Phi) is 7.66. The Bertz CT molecular complexity index is 2800. The largest absolute Gasteiger partial charge is 0.457 e. The summed E-state index contributed by atoms with van der Waals surface area (Å²) in [5.74, 6) is 3.88. The number of fused-ring (bicyclic) bond motifs is 8. The molecule has 0 atom stereocenters. The molecule has 53 heavy (non-hydrogen) atoms. The fraction of sp³-hybridized carbons (Fsp3) is 0.239. The van der Waals surface area contributed by atoms with E-state index < -0.39 is 0 Å². The second-order valence-electron chi connectivity index (χ2n) is 16.1. The molecule has 0 aliphatic carbocycles. The third-order valence-corrected chi connectivity index (χ3v) is 10.2. The van der Waals surface area contributed by atoms with Gasteiger partial charge in [-0.15, -0.1) is 0 Å². The van der Waals surface area contributed by atoms with Gasteiger partial charge in [-0.1, -0.05) is 90.9 Å². The Morgan fingerprint density at radius 1 is 0.642 bits per heavy atom. The van der Waals surface area contributed by atoms with E-state index in [-0.39, 0.29) is 5.41 Å². The van der Waals surface area contributed by atoms with E-state index in [4.69, 9.17) is 19.7 Å². The van der Waals surface area contributed by atoms with Crippen LogP contribution in [-0.2, 0) is 6.42 Å². The van der Waals surface area contributed by atoms with Crippen molar-refractivity contribution in [2.45, 2.75) is 66.7 Å². The van der Waals surface area contributed by atoms with Crippen molar-refractivity contribution in [1.29, 1.82) is 0 Å². The normalized spacial score (nSPS) is 12.5. The summed E-state index contributed by atoms with van der Waals surface area (Å²) in [4.78, 5) is 15.1. The van der Waals surface area contributed by atoms with Crippen LogP contribution >= 0.6 is 0 Å². The minimum absolute atomic E-state index is 0.193. The van der Waals surface area contributed by atoms with E-state index in [0.717, 1.165) is 68.1 Å². The molecule has 0 unspecified atom stereocenters. The van der Waals surface area contributed by atoms with E-state index in [1.54, 1.807) is 0 Å². The predicted molar refractivity (Wildman–Crippen MR) is 217 cm³/mol. The van der Waals surface area contributed by atoms with E-state index >= 15 is 0 Å². The van der Waals surface area contributed by atoms with Gasteiger partial charge in [0.2, 0.25) is 5.78 Å². The van der Waals surface area contributed by atoms with Crippen molar-refractivity contribution >= 4 is 49.8 Å². The highest BCUT2D eigenvalue weighted by atomic mass is 16.5. The molecule has 9 rings (SSSR count). The standard InChI is InChI=1S/C46H44N6O/c1-28(2)33-13-10-14-34(29(3)4)43(33)51-39-16-11-23-47-44(39)52-41-25-32(19-21-37(41)49-45(51)52)53-31-18-20-36-35-12-8-9-15-38(35)50(40(36)24-31)42-22-17-30(27-48-42)26-46(5,6)7/h8-25,27-29H,26H2,1-7H3. The molecule has 5 aromatic heterocycles. The van der Waals surface area contributed by atoms with Crippen LogP contribution in [0.4, 0.5) is 0 Å². The zero-order chi connectivity index (χ0) is 36.6. The molecule has 0 fully saturated rings. The van der Waals surface area contributed by atoms with Crippen LogP contribution < -0.4 is 4.74 Å². The van der Waals surface area contributed by atoms with Crippen molar-refractivity contribution in [2.24, 2.45) is 5.41 Å². The molecule has 0 saturated heterocycles. The summed E-state index contributed by atoms with van der Waals surface area (Å²) >= 11 is 0. The fourth-order valence-corrected chi connectivity index (χ4v) is 7.96. The first-order chi connectivity index (χ1) is 25.6. The minimum atomic E-state index is 0.193. The third-order valence-electron chi connectivity index (χ3n) is 10.2. The van der Waals surface area contributed by atoms with Crippen LogP contribution in [0.1, 0.15) is 77.0 Å². The molecule has 7 nitrogen and oxygen atoms in total. The Morgan fingerprint density at radius 3 is 2.06 bits per heavy atom. The summed E-state index contributed by atoms with van der Waals surface area (Å²) in [5.41, 5.74) is 11.1. The van der Waals surface area contributed by atoms with Crippen molar-refractivity contribution in [1.82, 2.24) is 28.5 Å². The van der Waals surface area contributed by atoms with Crippen LogP contribution in [0.5, 0.6) is 11.5 Å². The Labute approximate surface area is 309 Å². The highest BCUT2D eigenvalue weighted by Crippen LogP contribution is 2.39. The number of rotatable bonds is 7. The topological polar surface area (TPSA) is 62.2 Å². The van der Waals surface area contributed by atoms with E-state index in [1.165, 1.54) is 27.8 Å². The second-order valence-corrected chi connectivity index (χ2v) is 16.1. The molecule has 0 amide bonds. The van der Waals surface area contributed by atoms with Gasteiger partial charge in [-0.05, 0) is 88.9 Å². The SMILES string of the molecule is CC(C)c1cccc(C(C)C)c1-n1c2cccnc2n2c3cc(Oc4ccc5c6ccccc6n(-c6ccc(CC(C)(C)C)cn6)c5c4)ccc3nc12. The van der Waals surface area contributed by atoms with Gasteiger partial charge in [0.15, 0.2) is 5.65 Å². The van der Waals surface area contributed by atoms with E-state index in [1.807, 2.05) is 30.6 Å². The smallest absolute Gasteiger partial charge is 0.221 e. The lowest BCUT2D eigenvalue weighted by molar-refractivity contribution is 0.410. The van der Waals surface area contributed by atoms with E-state index in [2.05, 4.69) is 147 Å². The molecule has 5 heterocycles. The average molecular weight is 697 g/mol. The zero-order valence-electron chi connectivity index (χ0n) is 31.4. The summed E-state index contributed by atoms with van der Waals surface area (Å²) in [6.07, 6.45) is 4.84. The quantitative estimate of drug-likeness (QED) is 0.166. The van der Waals surface area contributed by atoms with Gasteiger partial charge in [0, 0.05) is 35.3 Å². The summed E-state index contributed by atoms with van der Waals surface area (Å²) in [7, 11) is 0. The van der Waals surface area contributed by atoms with Crippen molar-refractivity contribution < 1.29 is 4.74 Å². The van der Waals surface area contributed by atoms with Gasteiger partial charge in [-0.3, -0.25) is 13.5 Å². The van der Waals surface area contributed by atoms with Crippen LogP contribution in [0.25, 0.3) is 61.3 Å². The van der Waals surface area contributed by atoms with E-state index in [9.17, 15) is 0 Å². The lowest BCUT2D eigenvalue weighted by atomic mass is 9.89. The van der Waals surface area contributed by atoms with Crippen molar-refractivity contribution in [2.75, 3.05) is 0 Å². The Balaban J connectivity index is 1.17. The summed E-state index contributed by atoms with van der Waals surface area (Å²) < 4.78 is 13.4. The first kappa shape index (κ1) is 32.9. The first-order valence-electron chi connectivity index (χ1n) is 18.6. The molecule has 0 spiro atoms. The molecule has 0 radical (unpaired) electrons. The molecule has 0 aliphatic rings. The van der Waals surface area contributed by atoms with Gasteiger partial charge in [-0.2, -0.15) is 0 Å². The highest BCUT2D eigenvalue weighted by Gasteiger charge is 2.24. The number of para-hydroxylation sites is 2. The van der Waals surface area contributed by atoms with Gasteiger partial charge in [0.1, 0.15) is 17.3 Å². The van der Waals surface area contributed by atoms with Crippen LogP contribution in [0.3, 0.4) is 0 Å². The number of imidazole rings is 2. The molecule has 0 saturated carbocycles. The molecule has 264 valence electrons. The first-order valence-corrected chi connectivity index (χ1v) is 18.6. The number of pyridine rings is 2. The molecule has 4 aromatic carbocycles. The van der Waals surface area contributed by atoms with Gasteiger partial charge in [0.05, 0.1) is 33.3 Å². The lowest BCUT2D eigenvalue weighted by Crippen LogP contribution is -2.09. The molecule has 0 N–H and O–H groups in total. The Hall–Kier alpha value is -5.95. The predicted octanol–water partition coefficient (Wildman–Crippen LogP) is 11.9. The minimum Gasteiger partial charge on any atom is -0.457 e. The molecule has 9 aromatic rings. The van der Waals surface area contributed by atoms with Crippen LogP contribution in [0, 0.1) is 5.41 Å². The molecular formula is C46H44N6O. The number of hydrogen-bond acceptors (Lipinski definition) is 4. The summed E-state index contributed by atoms with van der Waals surface area (Å²) in [6.45, 7) is 15.8. The van der Waals surface area contributed by atoms with E-state index in [0.29, 0.717) is 11.8 Å². The summed E-state index contributed by atoms with van der Waals surface area (Å²) in [6, 6.07) is 36.1. The van der Waals surface area contributed by atoms with Crippen LogP contribution in [-0.4, -0.2) is 28.5 Å². The Morgan fingerprint density at radius 2 is 1.34 bits per heavy atom. The fourth-order valence-electron chi connectivity index (χ4n) is 7.96. The van der Waals surface area contributed by atoms with Gasteiger partial charge in [-0.25, -0.2) is 15.0 Å². The van der Waals surface area contributed by atoms with Crippen LogP contribution in [0.15, 0.2) is 116 Å². The maximum absolute atomic E-state index is 6.68. The highest BCUT2D eigenvalue weighted by molar-refractivity contribution is 6.09. The average Bonchev–Trinajstić information content (AvgIpc) is 3.77. The van der Waals surface area contributed by atoms with Crippen molar-refractivity contribution in [3.05, 3.63) is 132 Å². The number of benzene rings is 4. The van der Waals surface area contributed by atoms with Crippen molar-refractivity contribution in [3.63, 3.8) is 0 Å². The van der Waals surface area contributed by atoms with Gasteiger partial charge >= 0.3 is 0 Å². The second kappa shape index (κ2) is 12.3. The van der Waals surface area contributed by atoms with Crippen molar-refractivity contribution in [3.8, 4) is 23.0 Å². The third kappa shape index (κ3) is 5.54.